The number of para-hydroxylation sites is 1. The Morgan fingerprint density at radius 2 is 1.81 bits per heavy atom. The molecule has 1 aliphatic heterocycles. The highest BCUT2D eigenvalue weighted by Crippen LogP contribution is 2.49. The first-order chi connectivity index (χ1) is 13.2. The third-order valence-corrected chi connectivity index (χ3v) is 5.03. The Bertz CT molecular complexity index is 912. The molecule has 0 aromatic heterocycles. The molecule has 3 rings (SSSR count). The summed E-state index contributed by atoms with van der Waals surface area (Å²) in [4.78, 5) is 1.88. The van der Waals surface area contributed by atoms with Crippen molar-refractivity contribution in [1.82, 2.24) is 0 Å². The van der Waals surface area contributed by atoms with Crippen LogP contribution in [0.5, 0.6) is 5.75 Å². The molecule has 0 unspecified atom stereocenters. The summed E-state index contributed by atoms with van der Waals surface area (Å²) in [6.45, 7) is 4.83. The number of hydrogen-bond donors (Lipinski definition) is 1. The topological polar surface area (TPSA) is 87.3 Å². The minimum Gasteiger partial charge on any atom is -0.485 e. The molecule has 2 aromatic rings. The number of nitriles is 2. The second kappa shape index (κ2) is 8.79. The number of hydrogen-bond acceptors (Lipinski definition) is 7. The third kappa shape index (κ3) is 4.01. The first kappa shape index (κ1) is 19.1. The Balaban J connectivity index is 1.99. The Morgan fingerprint density at radius 1 is 1.07 bits per heavy atom. The number of nitrogens with one attached hydrogen (secondary N) is 1. The molecule has 0 fully saturated rings. The molecule has 0 radical (unpaired) electrons. The molecule has 0 saturated heterocycles. The Labute approximate surface area is 162 Å². The van der Waals surface area contributed by atoms with Gasteiger partial charge in [-0.05, 0) is 32.0 Å². The van der Waals surface area contributed by atoms with E-state index >= 15 is 0 Å². The molecule has 1 aliphatic rings. The van der Waals surface area contributed by atoms with Crippen LogP contribution >= 0.6 is 11.8 Å². The molecule has 0 aliphatic carbocycles. The molecular weight excluding hydrogens is 362 g/mol. The van der Waals surface area contributed by atoms with E-state index in [1.807, 2.05) is 38.1 Å². The molecule has 1 heterocycles. The van der Waals surface area contributed by atoms with Crippen molar-refractivity contribution in [3.63, 3.8) is 0 Å². The van der Waals surface area contributed by atoms with E-state index in [0.717, 1.165) is 15.5 Å². The lowest BCUT2D eigenvalue weighted by molar-refractivity contribution is -0.152. The van der Waals surface area contributed by atoms with Crippen LogP contribution in [-0.2, 0) is 9.47 Å². The van der Waals surface area contributed by atoms with Crippen LogP contribution < -0.4 is 10.1 Å². The van der Waals surface area contributed by atoms with Crippen molar-refractivity contribution >= 4 is 23.1 Å². The summed E-state index contributed by atoms with van der Waals surface area (Å²) in [5, 5.41) is 22.4. The maximum absolute atomic E-state index is 9.62. The van der Waals surface area contributed by atoms with Crippen molar-refractivity contribution in [2.75, 3.05) is 25.1 Å². The highest BCUT2D eigenvalue weighted by molar-refractivity contribution is 7.99. The molecule has 0 saturated carbocycles. The SMILES string of the molecule is CCOC(COc1c(C#N)c(C#N)cc2c1Nc1ccccc1S2)OCC. The van der Waals surface area contributed by atoms with Gasteiger partial charge in [0.15, 0.2) is 12.0 Å². The van der Waals surface area contributed by atoms with Gasteiger partial charge in [0.2, 0.25) is 0 Å². The molecule has 1 N–H and O–H groups in total. The standard InChI is InChI=1S/C20H19N3O3S/c1-3-24-18(25-4-2)12-26-20-14(11-22)13(10-21)9-17-19(20)23-15-7-5-6-8-16(15)27-17/h5-9,18,23H,3-4,12H2,1-2H3. The van der Waals surface area contributed by atoms with Crippen LogP contribution in [0.15, 0.2) is 40.1 Å². The average molecular weight is 381 g/mol. The summed E-state index contributed by atoms with van der Waals surface area (Å²) in [5.74, 6) is 0.345. The van der Waals surface area contributed by atoms with E-state index in [2.05, 4.69) is 17.5 Å². The van der Waals surface area contributed by atoms with Crippen LogP contribution in [0.2, 0.25) is 0 Å². The summed E-state index contributed by atoms with van der Waals surface area (Å²) in [7, 11) is 0. The van der Waals surface area contributed by atoms with Crippen LogP contribution in [0, 0.1) is 22.7 Å². The zero-order chi connectivity index (χ0) is 19.2. The Kier molecular flexibility index (Phi) is 6.20. The second-order valence-corrected chi connectivity index (χ2v) is 6.68. The van der Waals surface area contributed by atoms with Gasteiger partial charge < -0.3 is 19.5 Å². The van der Waals surface area contributed by atoms with Gasteiger partial charge in [-0.3, -0.25) is 0 Å². The van der Waals surface area contributed by atoms with E-state index in [9.17, 15) is 10.5 Å². The molecule has 2 aromatic carbocycles. The molecule has 0 atom stereocenters. The minimum absolute atomic E-state index is 0.117. The highest BCUT2D eigenvalue weighted by Gasteiger charge is 2.25. The first-order valence-corrected chi connectivity index (χ1v) is 9.44. The number of rotatable bonds is 7. The summed E-state index contributed by atoms with van der Waals surface area (Å²) >= 11 is 1.53. The maximum Gasteiger partial charge on any atom is 0.191 e. The zero-order valence-electron chi connectivity index (χ0n) is 15.1. The average Bonchev–Trinajstić information content (AvgIpc) is 2.69. The van der Waals surface area contributed by atoms with E-state index in [0.29, 0.717) is 24.7 Å². The molecule has 0 spiro atoms. The monoisotopic (exact) mass is 381 g/mol. The van der Waals surface area contributed by atoms with Crippen molar-refractivity contribution in [2.24, 2.45) is 0 Å². The number of benzene rings is 2. The summed E-state index contributed by atoms with van der Waals surface area (Å²) < 4.78 is 17.0. The van der Waals surface area contributed by atoms with Crippen molar-refractivity contribution in [3.8, 4) is 17.9 Å². The lowest BCUT2D eigenvalue weighted by Crippen LogP contribution is -2.25. The van der Waals surface area contributed by atoms with E-state index in [1.165, 1.54) is 11.8 Å². The fraction of sp³-hybridized carbons (Fsp3) is 0.300. The Hall–Kier alpha value is -2.71. The number of fused-ring (bicyclic) bond motifs is 2. The molecule has 138 valence electrons. The maximum atomic E-state index is 9.62. The molecule has 27 heavy (non-hydrogen) atoms. The van der Waals surface area contributed by atoms with Gasteiger partial charge in [0.05, 0.1) is 16.9 Å². The van der Waals surface area contributed by atoms with Crippen LogP contribution in [0.25, 0.3) is 0 Å². The van der Waals surface area contributed by atoms with Gasteiger partial charge in [-0.15, -0.1) is 0 Å². The van der Waals surface area contributed by atoms with Crippen molar-refractivity contribution in [1.29, 1.82) is 10.5 Å². The number of anilines is 2. The van der Waals surface area contributed by atoms with Gasteiger partial charge >= 0.3 is 0 Å². The van der Waals surface area contributed by atoms with Gasteiger partial charge in [0.25, 0.3) is 0 Å². The molecule has 7 heteroatoms. The van der Waals surface area contributed by atoms with Crippen molar-refractivity contribution < 1.29 is 14.2 Å². The lowest BCUT2D eigenvalue weighted by Gasteiger charge is -2.25. The van der Waals surface area contributed by atoms with Crippen molar-refractivity contribution in [3.05, 3.63) is 41.5 Å². The molecule has 0 bridgehead atoms. The van der Waals surface area contributed by atoms with E-state index in [4.69, 9.17) is 14.2 Å². The van der Waals surface area contributed by atoms with Crippen LogP contribution in [-0.4, -0.2) is 26.1 Å². The predicted octanol–water partition coefficient (Wildman–Crippen LogP) is 4.42. The zero-order valence-corrected chi connectivity index (χ0v) is 15.9. The van der Waals surface area contributed by atoms with Gasteiger partial charge in [0, 0.05) is 23.0 Å². The quantitative estimate of drug-likeness (QED) is 0.606. The summed E-state index contributed by atoms with van der Waals surface area (Å²) in [6.07, 6.45) is -0.545. The minimum atomic E-state index is -0.545. The van der Waals surface area contributed by atoms with Gasteiger partial charge in [0.1, 0.15) is 24.3 Å². The first-order valence-electron chi connectivity index (χ1n) is 8.62. The number of nitrogens with zero attached hydrogens (tertiary/aromatic N) is 2. The van der Waals surface area contributed by atoms with Crippen LogP contribution in [0.1, 0.15) is 25.0 Å². The van der Waals surface area contributed by atoms with Crippen molar-refractivity contribution in [2.45, 2.75) is 29.9 Å². The molecule has 0 amide bonds. The predicted molar refractivity (Wildman–Crippen MR) is 102 cm³/mol. The van der Waals surface area contributed by atoms with Crippen LogP contribution in [0.4, 0.5) is 11.4 Å². The molecule has 6 nitrogen and oxygen atoms in total. The highest BCUT2D eigenvalue weighted by atomic mass is 32.2. The summed E-state index contributed by atoms with van der Waals surface area (Å²) in [5.41, 5.74) is 2.10. The fourth-order valence-electron chi connectivity index (χ4n) is 2.76. The normalized spacial score (nSPS) is 11.7. The third-order valence-electron chi connectivity index (χ3n) is 3.91. The smallest absolute Gasteiger partial charge is 0.191 e. The lowest BCUT2D eigenvalue weighted by atomic mass is 10.1. The number of ether oxygens (including phenoxy) is 3. The second-order valence-electron chi connectivity index (χ2n) is 5.60. The Morgan fingerprint density at radius 3 is 2.48 bits per heavy atom. The van der Waals surface area contributed by atoms with E-state index in [1.54, 1.807) is 6.07 Å². The fourth-order valence-corrected chi connectivity index (χ4v) is 3.79. The van der Waals surface area contributed by atoms with Gasteiger partial charge in [-0.2, -0.15) is 10.5 Å². The van der Waals surface area contributed by atoms with Crippen LogP contribution in [0.3, 0.4) is 0 Å². The molecular formula is C20H19N3O3S. The largest absolute Gasteiger partial charge is 0.485 e. The van der Waals surface area contributed by atoms with Gasteiger partial charge in [-0.1, -0.05) is 23.9 Å². The van der Waals surface area contributed by atoms with E-state index in [-0.39, 0.29) is 17.7 Å². The van der Waals surface area contributed by atoms with E-state index < -0.39 is 6.29 Å². The van der Waals surface area contributed by atoms with Gasteiger partial charge in [-0.25, -0.2) is 0 Å². The summed E-state index contributed by atoms with van der Waals surface area (Å²) in [6, 6.07) is 13.8.